The molecule has 142 valence electrons. The summed E-state index contributed by atoms with van der Waals surface area (Å²) >= 11 is 0. The minimum atomic E-state index is -3.45. The number of nitrogens with one attached hydrogen (secondary N) is 2. The Kier molecular flexibility index (Phi) is 5.77. The van der Waals surface area contributed by atoms with E-state index in [1.54, 1.807) is 30.3 Å². The van der Waals surface area contributed by atoms with Gasteiger partial charge in [0.05, 0.1) is 4.90 Å². The molecule has 3 rings (SSSR count). The second-order valence-corrected chi connectivity index (χ2v) is 8.78. The highest BCUT2D eigenvalue weighted by Gasteiger charge is 2.27. The summed E-state index contributed by atoms with van der Waals surface area (Å²) in [5.74, 6) is 0.209. The van der Waals surface area contributed by atoms with Crippen molar-refractivity contribution in [3.8, 4) is 0 Å². The van der Waals surface area contributed by atoms with Gasteiger partial charge < -0.3 is 5.32 Å². The fraction of sp³-hybridized carbons (Fsp3) is 0.286. The van der Waals surface area contributed by atoms with E-state index in [0.717, 1.165) is 24.1 Å². The topological polar surface area (TPSA) is 75.3 Å². The molecule has 1 aliphatic carbocycles. The molecule has 2 aromatic carbocycles. The van der Waals surface area contributed by atoms with Crippen molar-refractivity contribution in [2.24, 2.45) is 0 Å². The Morgan fingerprint density at radius 3 is 2.22 bits per heavy atom. The quantitative estimate of drug-likeness (QED) is 0.711. The molecule has 0 spiro atoms. The van der Waals surface area contributed by atoms with Crippen molar-refractivity contribution in [1.82, 2.24) is 4.72 Å². The summed E-state index contributed by atoms with van der Waals surface area (Å²) < 4.78 is 26.9. The van der Waals surface area contributed by atoms with Gasteiger partial charge in [0.15, 0.2) is 0 Å². The highest BCUT2D eigenvalue weighted by molar-refractivity contribution is 7.89. The summed E-state index contributed by atoms with van der Waals surface area (Å²) in [6.45, 7) is 4.24. The van der Waals surface area contributed by atoms with Crippen LogP contribution in [0.25, 0.3) is 6.08 Å². The van der Waals surface area contributed by atoms with Crippen LogP contribution in [0.5, 0.6) is 0 Å². The van der Waals surface area contributed by atoms with Crippen molar-refractivity contribution in [2.45, 2.75) is 43.5 Å². The fourth-order valence-corrected chi connectivity index (χ4v) is 3.86. The van der Waals surface area contributed by atoms with Crippen LogP contribution in [0.1, 0.15) is 43.7 Å². The van der Waals surface area contributed by atoms with E-state index in [9.17, 15) is 13.2 Å². The van der Waals surface area contributed by atoms with Crippen LogP contribution < -0.4 is 10.0 Å². The number of benzene rings is 2. The summed E-state index contributed by atoms with van der Waals surface area (Å²) in [5.41, 5.74) is 2.71. The molecule has 27 heavy (non-hydrogen) atoms. The average Bonchev–Trinajstić information content (AvgIpc) is 3.44. The molecule has 0 aromatic heterocycles. The number of sulfonamides is 1. The molecule has 1 fully saturated rings. The molecule has 5 nitrogen and oxygen atoms in total. The van der Waals surface area contributed by atoms with E-state index in [0.29, 0.717) is 5.92 Å². The van der Waals surface area contributed by atoms with Crippen LogP contribution in [0.15, 0.2) is 59.5 Å². The van der Waals surface area contributed by atoms with Crippen molar-refractivity contribution >= 4 is 27.7 Å². The van der Waals surface area contributed by atoms with Crippen LogP contribution in [0.2, 0.25) is 0 Å². The maximum absolute atomic E-state index is 12.1. The lowest BCUT2D eigenvalue weighted by Crippen LogP contribution is -2.25. The van der Waals surface area contributed by atoms with Gasteiger partial charge in [-0.05, 0) is 60.2 Å². The Morgan fingerprint density at radius 1 is 1.04 bits per heavy atom. The number of rotatable bonds is 7. The number of hydrogen-bond acceptors (Lipinski definition) is 3. The molecule has 0 radical (unpaired) electrons. The van der Waals surface area contributed by atoms with Crippen molar-refractivity contribution < 1.29 is 13.2 Å². The molecule has 2 aromatic rings. The van der Waals surface area contributed by atoms with E-state index < -0.39 is 10.0 Å². The summed E-state index contributed by atoms with van der Waals surface area (Å²) in [4.78, 5) is 12.3. The van der Waals surface area contributed by atoms with Crippen molar-refractivity contribution in [1.29, 1.82) is 0 Å². The van der Waals surface area contributed by atoms with Crippen molar-refractivity contribution in [3.05, 3.63) is 65.7 Å². The van der Waals surface area contributed by atoms with Gasteiger partial charge in [0.1, 0.15) is 0 Å². The number of carbonyl (C=O) groups is 1. The Bertz CT molecular complexity index is 926. The molecule has 1 amide bonds. The van der Waals surface area contributed by atoms with Crippen molar-refractivity contribution in [2.75, 3.05) is 5.32 Å². The third kappa shape index (κ3) is 5.52. The third-order valence-electron chi connectivity index (χ3n) is 4.36. The van der Waals surface area contributed by atoms with Gasteiger partial charge in [-0.1, -0.05) is 38.1 Å². The third-order valence-corrected chi connectivity index (χ3v) is 5.90. The van der Waals surface area contributed by atoms with E-state index >= 15 is 0 Å². The Labute approximate surface area is 160 Å². The Balaban J connectivity index is 1.59. The zero-order valence-corrected chi connectivity index (χ0v) is 16.3. The molecule has 1 saturated carbocycles. The second-order valence-electron chi connectivity index (χ2n) is 7.06. The molecule has 0 unspecified atom stereocenters. The minimum absolute atomic E-state index is 0.0767. The lowest BCUT2D eigenvalue weighted by molar-refractivity contribution is -0.111. The first kappa shape index (κ1) is 19.3. The Morgan fingerprint density at radius 2 is 1.67 bits per heavy atom. The summed E-state index contributed by atoms with van der Waals surface area (Å²) in [6.07, 6.45) is 4.88. The molecule has 1 aliphatic rings. The highest BCUT2D eigenvalue weighted by atomic mass is 32.2. The predicted molar refractivity (Wildman–Crippen MR) is 108 cm³/mol. The van der Waals surface area contributed by atoms with Crippen LogP contribution in [-0.2, 0) is 14.8 Å². The smallest absolute Gasteiger partial charge is 0.248 e. The molecule has 0 saturated heterocycles. The molecule has 0 heterocycles. The SMILES string of the molecule is CC(C)c1ccc(NC(=O)/C=C/c2ccc(S(=O)(=O)NC3CC3)cc2)cc1. The normalized spacial score (nSPS) is 14.6. The van der Waals surface area contributed by atoms with Crippen LogP contribution >= 0.6 is 0 Å². The number of carbonyl (C=O) groups excluding carboxylic acids is 1. The van der Waals surface area contributed by atoms with Crippen molar-refractivity contribution in [3.63, 3.8) is 0 Å². The van der Waals surface area contributed by atoms with Crippen LogP contribution in [0, 0.1) is 0 Å². The van der Waals surface area contributed by atoms with Gasteiger partial charge in [0.2, 0.25) is 15.9 Å². The van der Waals surface area contributed by atoms with Gasteiger partial charge in [0.25, 0.3) is 0 Å². The average molecular weight is 385 g/mol. The zero-order valence-electron chi connectivity index (χ0n) is 15.5. The van der Waals surface area contributed by atoms with Crippen LogP contribution in [0.3, 0.4) is 0 Å². The summed E-state index contributed by atoms with van der Waals surface area (Å²) in [6, 6.07) is 14.3. The molecule has 0 aliphatic heterocycles. The number of hydrogen-bond donors (Lipinski definition) is 2. The first-order chi connectivity index (χ1) is 12.8. The zero-order chi connectivity index (χ0) is 19.4. The summed E-state index contributed by atoms with van der Waals surface area (Å²) in [7, 11) is -3.45. The Hall–Kier alpha value is -2.44. The molecule has 0 atom stereocenters. The summed E-state index contributed by atoms with van der Waals surface area (Å²) in [5, 5.41) is 2.81. The van der Waals surface area contributed by atoms with Gasteiger partial charge in [0, 0.05) is 17.8 Å². The highest BCUT2D eigenvalue weighted by Crippen LogP contribution is 2.22. The molecule has 6 heteroatoms. The first-order valence-corrected chi connectivity index (χ1v) is 10.5. The maximum atomic E-state index is 12.1. The van der Waals surface area contributed by atoms with Gasteiger partial charge in [-0.3, -0.25) is 4.79 Å². The van der Waals surface area contributed by atoms with E-state index in [4.69, 9.17) is 0 Å². The lowest BCUT2D eigenvalue weighted by atomic mass is 10.0. The molecular formula is C21H24N2O3S. The van der Waals surface area contributed by atoms with E-state index in [-0.39, 0.29) is 16.8 Å². The molecule has 0 bridgehead atoms. The number of anilines is 1. The van der Waals surface area contributed by atoms with Gasteiger partial charge in [-0.15, -0.1) is 0 Å². The monoisotopic (exact) mass is 384 g/mol. The maximum Gasteiger partial charge on any atom is 0.248 e. The van der Waals surface area contributed by atoms with E-state index in [2.05, 4.69) is 23.9 Å². The molecular weight excluding hydrogens is 360 g/mol. The number of amides is 1. The predicted octanol–water partition coefficient (Wildman–Crippen LogP) is 3.90. The largest absolute Gasteiger partial charge is 0.323 e. The van der Waals surface area contributed by atoms with Crippen LogP contribution in [0.4, 0.5) is 5.69 Å². The van der Waals surface area contributed by atoms with Gasteiger partial charge in [-0.25, -0.2) is 13.1 Å². The minimum Gasteiger partial charge on any atom is -0.323 e. The van der Waals surface area contributed by atoms with Gasteiger partial charge >= 0.3 is 0 Å². The van der Waals surface area contributed by atoms with Gasteiger partial charge in [-0.2, -0.15) is 0 Å². The second kappa shape index (κ2) is 8.06. The molecule has 2 N–H and O–H groups in total. The van der Waals surface area contributed by atoms with E-state index in [1.807, 2.05) is 24.3 Å². The standard InChI is InChI=1S/C21H24N2O3S/c1-15(2)17-6-8-18(9-7-17)22-21(24)14-5-16-3-12-20(13-4-16)27(25,26)23-19-10-11-19/h3-9,12-15,19,23H,10-11H2,1-2H3,(H,22,24)/b14-5+. The first-order valence-electron chi connectivity index (χ1n) is 9.05. The van der Waals surface area contributed by atoms with Crippen LogP contribution in [-0.4, -0.2) is 20.4 Å². The van der Waals surface area contributed by atoms with E-state index in [1.165, 1.54) is 11.6 Å². The fourth-order valence-electron chi connectivity index (χ4n) is 2.55. The lowest BCUT2D eigenvalue weighted by Gasteiger charge is -2.07.